The molecule has 1 atom stereocenters. The molecule has 1 fully saturated rings. The van der Waals surface area contributed by atoms with Gasteiger partial charge < -0.3 is 9.63 Å². The first-order valence-corrected chi connectivity index (χ1v) is 4.64. The lowest BCUT2D eigenvalue weighted by molar-refractivity contribution is 0.143. The number of nitrogens with zero attached hydrogens (tertiary/aromatic N) is 2. The average Bonchev–Trinajstić information content (AvgIpc) is 2.76. The van der Waals surface area contributed by atoms with Crippen molar-refractivity contribution in [1.82, 2.24) is 10.1 Å². The fraction of sp³-hybridized carbons (Fsp3) is 0.667. The summed E-state index contributed by atoms with van der Waals surface area (Å²) in [5.74, 6) is 0.875. The SMILES string of the molecule is OC[C@@H]1CCCN1Cc1ccno1. The summed E-state index contributed by atoms with van der Waals surface area (Å²) >= 11 is 0. The van der Waals surface area contributed by atoms with E-state index in [9.17, 15) is 0 Å². The molecule has 72 valence electrons. The number of aromatic nitrogens is 1. The summed E-state index contributed by atoms with van der Waals surface area (Å²) in [5.41, 5.74) is 0. The van der Waals surface area contributed by atoms with Crippen LogP contribution >= 0.6 is 0 Å². The van der Waals surface area contributed by atoms with E-state index in [2.05, 4.69) is 10.1 Å². The summed E-state index contributed by atoms with van der Waals surface area (Å²) in [5, 5.41) is 12.7. The van der Waals surface area contributed by atoms with E-state index in [0.717, 1.165) is 25.3 Å². The van der Waals surface area contributed by atoms with E-state index in [0.29, 0.717) is 6.04 Å². The molecule has 0 aromatic carbocycles. The summed E-state index contributed by atoms with van der Waals surface area (Å²) in [6, 6.07) is 2.18. The van der Waals surface area contributed by atoms with E-state index < -0.39 is 0 Å². The molecule has 2 heterocycles. The van der Waals surface area contributed by atoms with Gasteiger partial charge in [-0.1, -0.05) is 5.16 Å². The van der Waals surface area contributed by atoms with Crippen LogP contribution in [0.3, 0.4) is 0 Å². The number of aliphatic hydroxyl groups excluding tert-OH is 1. The molecule has 0 saturated carbocycles. The number of rotatable bonds is 3. The Hall–Kier alpha value is -0.870. The molecule has 0 radical (unpaired) electrons. The van der Waals surface area contributed by atoms with Gasteiger partial charge in [0.25, 0.3) is 0 Å². The molecule has 4 heteroatoms. The van der Waals surface area contributed by atoms with Crippen LogP contribution in [0.2, 0.25) is 0 Å². The maximum atomic E-state index is 9.08. The Morgan fingerprint density at radius 2 is 2.62 bits per heavy atom. The molecule has 4 nitrogen and oxygen atoms in total. The Morgan fingerprint density at radius 1 is 1.69 bits per heavy atom. The van der Waals surface area contributed by atoms with Gasteiger partial charge in [0.05, 0.1) is 19.3 Å². The summed E-state index contributed by atoms with van der Waals surface area (Å²) in [7, 11) is 0. The van der Waals surface area contributed by atoms with Gasteiger partial charge in [0.15, 0.2) is 5.76 Å². The fourth-order valence-corrected chi connectivity index (χ4v) is 1.83. The summed E-state index contributed by atoms with van der Waals surface area (Å²) in [4.78, 5) is 2.24. The maximum absolute atomic E-state index is 9.08. The summed E-state index contributed by atoms with van der Waals surface area (Å²) < 4.78 is 5.01. The van der Waals surface area contributed by atoms with Gasteiger partial charge in [-0.2, -0.15) is 0 Å². The lowest BCUT2D eigenvalue weighted by atomic mass is 10.2. The predicted octanol–water partition coefficient (Wildman–Crippen LogP) is 0.631. The van der Waals surface area contributed by atoms with Gasteiger partial charge in [0, 0.05) is 12.1 Å². The van der Waals surface area contributed by atoms with E-state index in [4.69, 9.17) is 9.63 Å². The number of aliphatic hydroxyl groups is 1. The van der Waals surface area contributed by atoms with Crippen molar-refractivity contribution >= 4 is 0 Å². The standard InChI is InChI=1S/C9H14N2O2/c12-7-8-2-1-5-11(8)6-9-3-4-10-13-9/h3-4,8,12H,1-2,5-7H2/t8-/m0/s1. The minimum atomic E-state index is 0.244. The zero-order chi connectivity index (χ0) is 9.10. The van der Waals surface area contributed by atoms with Crippen LogP contribution in [0.15, 0.2) is 16.8 Å². The second kappa shape index (κ2) is 3.89. The van der Waals surface area contributed by atoms with Crippen molar-refractivity contribution in [3.8, 4) is 0 Å². The normalized spacial score (nSPS) is 23.9. The Kier molecular flexibility index (Phi) is 2.61. The molecule has 0 amide bonds. The molecular weight excluding hydrogens is 168 g/mol. The highest BCUT2D eigenvalue weighted by atomic mass is 16.5. The van der Waals surface area contributed by atoms with Gasteiger partial charge in [-0.3, -0.25) is 4.90 Å². The molecule has 1 aromatic rings. The number of hydrogen-bond acceptors (Lipinski definition) is 4. The van der Waals surface area contributed by atoms with Gasteiger partial charge in [-0.25, -0.2) is 0 Å². The molecule has 13 heavy (non-hydrogen) atoms. The molecule has 0 spiro atoms. The van der Waals surface area contributed by atoms with Crippen LogP contribution in [0.1, 0.15) is 18.6 Å². The molecule has 1 N–H and O–H groups in total. The average molecular weight is 182 g/mol. The van der Waals surface area contributed by atoms with Gasteiger partial charge in [-0.05, 0) is 19.4 Å². The second-order valence-corrected chi connectivity index (χ2v) is 3.43. The van der Waals surface area contributed by atoms with Crippen molar-refractivity contribution in [3.05, 3.63) is 18.0 Å². The molecule has 0 bridgehead atoms. The van der Waals surface area contributed by atoms with E-state index >= 15 is 0 Å². The fourth-order valence-electron chi connectivity index (χ4n) is 1.83. The highest BCUT2D eigenvalue weighted by Gasteiger charge is 2.24. The molecule has 0 unspecified atom stereocenters. The third-order valence-corrected chi connectivity index (χ3v) is 2.56. The summed E-state index contributed by atoms with van der Waals surface area (Å²) in [6.45, 7) is 2.06. The minimum absolute atomic E-state index is 0.244. The first-order chi connectivity index (χ1) is 6.40. The van der Waals surface area contributed by atoms with Crippen molar-refractivity contribution < 1.29 is 9.63 Å². The van der Waals surface area contributed by atoms with Crippen molar-refractivity contribution in [3.63, 3.8) is 0 Å². The van der Waals surface area contributed by atoms with Crippen LogP contribution in [-0.4, -0.2) is 34.4 Å². The van der Waals surface area contributed by atoms with Crippen LogP contribution in [0.4, 0.5) is 0 Å². The van der Waals surface area contributed by atoms with Crippen molar-refractivity contribution in [1.29, 1.82) is 0 Å². The predicted molar refractivity (Wildman–Crippen MR) is 47.0 cm³/mol. The van der Waals surface area contributed by atoms with Gasteiger partial charge in [-0.15, -0.1) is 0 Å². The highest BCUT2D eigenvalue weighted by molar-refractivity contribution is 4.94. The Bertz CT molecular complexity index is 248. The van der Waals surface area contributed by atoms with Gasteiger partial charge in [0.2, 0.25) is 0 Å². The largest absolute Gasteiger partial charge is 0.395 e. The molecule has 1 aromatic heterocycles. The highest BCUT2D eigenvalue weighted by Crippen LogP contribution is 2.19. The minimum Gasteiger partial charge on any atom is -0.395 e. The smallest absolute Gasteiger partial charge is 0.150 e. The molecule has 1 aliphatic rings. The van der Waals surface area contributed by atoms with E-state index in [-0.39, 0.29) is 6.61 Å². The van der Waals surface area contributed by atoms with Crippen molar-refractivity contribution in [2.45, 2.75) is 25.4 Å². The van der Waals surface area contributed by atoms with Crippen LogP contribution < -0.4 is 0 Å². The van der Waals surface area contributed by atoms with Gasteiger partial charge in [0.1, 0.15) is 0 Å². The third kappa shape index (κ3) is 1.89. The first kappa shape index (κ1) is 8.72. The number of likely N-dealkylation sites (tertiary alicyclic amines) is 1. The molecule has 0 aliphatic carbocycles. The summed E-state index contributed by atoms with van der Waals surface area (Å²) in [6.07, 6.45) is 3.91. The quantitative estimate of drug-likeness (QED) is 0.745. The van der Waals surface area contributed by atoms with E-state index in [1.807, 2.05) is 6.07 Å². The zero-order valence-electron chi connectivity index (χ0n) is 7.52. The molecule has 1 saturated heterocycles. The maximum Gasteiger partial charge on any atom is 0.150 e. The van der Waals surface area contributed by atoms with E-state index in [1.54, 1.807) is 6.20 Å². The van der Waals surface area contributed by atoms with Crippen molar-refractivity contribution in [2.24, 2.45) is 0 Å². The molecule has 2 rings (SSSR count). The zero-order valence-corrected chi connectivity index (χ0v) is 7.52. The van der Waals surface area contributed by atoms with E-state index in [1.165, 1.54) is 6.42 Å². The Morgan fingerprint density at radius 3 is 3.31 bits per heavy atom. The number of hydrogen-bond donors (Lipinski definition) is 1. The van der Waals surface area contributed by atoms with Gasteiger partial charge >= 0.3 is 0 Å². The monoisotopic (exact) mass is 182 g/mol. The van der Waals surface area contributed by atoms with Crippen LogP contribution in [0, 0.1) is 0 Å². The topological polar surface area (TPSA) is 49.5 Å². The lowest BCUT2D eigenvalue weighted by Gasteiger charge is -2.20. The molecule has 1 aliphatic heterocycles. The Labute approximate surface area is 77.1 Å². The van der Waals surface area contributed by atoms with Crippen LogP contribution in [0.25, 0.3) is 0 Å². The Balaban J connectivity index is 1.94. The molecular formula is C9H14N2O2. The van der Waals surface area contributed by atoms with Crippen LogP contribution in [-0.2, 0) is 6.54 Å². The lowest BCUT2D eigenvalue weighted by Crippen LogP contribution is -2.31. The van der Waals surface area contributed by atoms with Crippen LogP contribution in [0.5, 0.6) is 0 Å². The first-order valence-electron chi connectivity index (χ1n) is 4.64. The van der Waals surface area contributed by atoms with Crippen molar-refractivity contribution in [2.75, 3.05) is 13.2 Å². The third-order valence-electron chi connectivity index (χ3n) is 2.56. The second-order valence-electron chi connectivity index (χ2n) is 3.43.